The second kappa shape index (κ2) is 10.2. The van der Waals surface area contributed by atoms with E-state index in [4.69, 9.17) is 9.84 Å². The molecular formula is C30H23N5OS. The van der Waals surface area contributed by atoms with Crippen molar-refractivity contribution in [3.05, 3.63) is 126 Å². The molecule has 0 saturated heterocycles. The summed E-state index contributed by atoms with van der Waals surface area (Å²) in [4.78, 5) is 13.3. The molecule has 0 saturated carbocycles. The average Bonchev–Trinajstić information content (AvgIpc) is 2.98. The van der Waals surface area contributed by atoms with Crippen molar-refractivity contribution in [2.24, 2.45) is 5.10 Å². The van der Waals surface area contributed by atoms with Crippen LogP contribution in [0.15, 0.2) is 120 Å². The highest BCUT2D eigenvalue weighted by molar-refractivity contribution is 7.98. The maximum absolute atomic E-state index is 6.19. The number of hydrogen-bond donors (Lipinski definition) is 0. The fraction of sp³-hybridized carbons (Fsp3) is 0.0667. The van der Waals surface area contributed by atoms with Gasteiger partial charge in [-0.3, -0.25) is 5.01 Å². The Labute approximate surface area is 219 Å². The summed E-state index contributed by atoms with van der Waals surface area (Å²) in [6.45, 7) is 0.697. The molecule has 0 radical (unpaired) electrons. The van der Waals surface area contributed by atoms with E-state index in [1.165, 1.54) is 22.9 Å². The van der Waals surface area contributed by atoms with Crippen LogP contribution in [-0.4, -0.2) is 26.9 Å². The van der Waals surface area contributed by atoms with Gasteiger partial charge in [-0.25, -0.2) is 15.0 Å². The highest BCUT2D eigenvalue weighted by atomic mass is 32.2. The standard InChI is InChI=1S/C30H23N5OS/c1-37-30-32-19-17-27(33-30)26-12-7-18-31-29(26)36-24-15-13-23(14-16-24)35-20-22-10-5-6-11-25(22)28(34-35)21-8-3-2-4-9-21/h2-19H,20H2,1H3. The van der Waals surface area contributed by atoms with Gasteiger partial charge in [0.05, 0.1) is 29.2 Å². The van der Waals surface area contributed by atoms with Gasteiger partial charge in [-0.15, -0.1) is 0 Å². The quantitative estimate of drug-likeness (QED) is 0.188. The van der Waals surface area contributed by atoms with E-state index in [9.17, 15) is 0 Å². The highest BCUT2D eigenvalue weighted by Crippen LogP contribution is 2.33. The Morgan fingerprint density at radius 2 is 1.54 bits per heavy atom. The van der Waals surface area contributed by atoms with Gasteiger partial charge in [-0.05, 0) is 54.3 Å². The zero-order valence-corrected chi connectivity index (χ0v) is 21.0. The molecule has 1 aliphatic rings. The molecule has 3 heterocycles. The fourth-order valence-corrected chi connectivity index (χ4v) is 4.63. The summed E-state index contributed by atoms with van der Waals surface area (Å²) in [6, 6.07) is 32.4. The molecule has 3 aromatic carbocycles. The number of hydrogen-bond acceptors (Lipinski definition) is 7. The summed E-state index contributed by atoms with van der Waals surface area (Å²) in [5.41, 5.74) is 7.04. The molecule has 2 aromatic heterocycles. The molecule has 7 heteroatoms. The summed E-state index contributed by atoms with van der Waals surface area (Å²) in [5.74, 6) is 1.19. The van der Waals surface area contributed by atoms with Crippen LogP contribution in [0.5, 0.6) is 11.6 Å². The van der Waals surface area contributed by atoms with Crippen LogP contribution in [0.3, 0.4) is 0 Å². The molecule has 37 heavy (non-hydrogen) atoms. The Balaban J connectivity index is 1.28. The first-order chi connectivity index (χ1) is 18.3. The predicted molar refractivity (Wildman–Crippen MR) is 148 cm³/mol. The van der Waals surface area contributed by atoms with Gasteiger partial charge < -0.3 is 4.74 Å². The Kier molecular flexibility index (Phi) is 6.35. The second-order valence-corrected chi connectivity index (χ2v) is 9.18. The molecule has 0 N–H and O–H groups in total. The lowest BCUT2D eigenvalue weighted by molar-refractivity contribution is 0.464. The number of anilines is 1. The third-order valence-electron chi connectivity index (χ3n) is 6.07. The monoisotopic (exact) mass is 501 g/mol. The van der Waals surface area contributed by atoms with E-state index in [1.807, 2.05) is 71.9 Å². The summed E-state index contributed by atoms with van der Waals surface area (Å²) >= 11 is 1.50. The van der Waals surface area contributed by atoms with Gasteiger partial charge in [0.2, 0.25) is 5.88 Å². The molecule has 0 fully saturated rings. The van der Waals surface area contributed by atoms with Gasteiger partial charge in [0.25, 0.3) is 0 Å². The van der Waals surface area contributed by atoms with Gasteiger partial charge >= 0.3 is 0 Å². The first-order valence-corrected chi connectivity index (χ1v) is 13.1. The van der Waals surface area contributed by atoms with Crippen LogP contribution in [-0.2, 0) is 6.54 Å². The zero-order chi connectivity index (χ0) is 25.0. The van der Waals surface area contributed by atoms with Crippen molar-refractivity contribution in [1.82, 2.24) is 15.0 Å². The Hall–Kier alpha value is -4.49. The van der Waals surface area contributed by atoms with Crippen LogP contribution in [0.4, 0.5) is 5.69 Å². The summed E-state index contributed by atoms with van der Waals surface area (Å²) in [7, 11) is 0. The van der Waals surface area contributed by atoms with Crippen LogP contribution in [0.1, 0.15) is 16.7 Å². The van der Waals surface area contributed by atoms with Gasteiger partial charge in [0, 0.05) is 23.5 Å². The molecule has 0 aliphatic carbocycles. The lowest BCUT2D eigenvalue weighted by Crippen LogP contribution is -2.26. The molecule has 6 nitrogen and oxygen atoms in total. The van der Waals surface area contributed by atoms with Crippen molar-refractivity contribution in [3.63, 3.8) is 0 Å². The van der Waals surface area contributed by atoms with Crippen LogP contribution in [0.2, 0.25) is 0 Å². The Bertz CT molecular complexity index is 1570. The van der Waals surface area contributed by atoms with Gasteiger partial charge in [-0.1, -0.05) is 66.4 Å². The molecular weight excluding hydrogens is 478 g/mol. The minimum absolute atomic E-state index is 0.497. The van der Waals surface area contributed by atoms with Gasteiger partial charge in [0.1, 0.15) is 5.75 Å². The molecule has 180 valence electrons. The van der Waals surface area contributed by atoms with E-state index in [0.717, 1.165) is 28.2 Å². The van der Waals surface area contributed by atoms with Crippen molar-refractivity contribution in [1.29, 1.82) is 0 Å². The second-order valence-electron chi connectivity index (χ2n) is 8.41. The summed E-state index contributed by atoms with van der Waals surface area (Å²) in [5, 5.41) is 7.77. The predicted octanol–water partition coefficient (Wildman–Crippen LogP) is 6.83. The van der Waals surface area contributed by atoms with Crippen molar-refractivity contribution in [3.8, 4) is 22.9 Å². The number of hydrazone groups is 1. The fourth-order valence-electron chi connectivity index (χ4n) is 4.27. The molecule has 0 atom stereocenters. The summed E-state index contributed by atoms with van der Waals surface area (Å²) in [6.07, 6.45) is 5.42. The van der Waals surface area contributed by atoms with E-state index in [1.54, 1.807) is 12.4 Å². The number of pyridine rings is 1. The van der Waals surface area contributed by atoms with Crippen LogP contribution in [0.25, 0.3) is 11.3 Å². The van der Waals surface area contributed by atoms with Gasteiger partial charge in [-0.2, -0.15) is 5.10 Å². The van der Waals surface area contributed by atoms with Crippen molar-refractivity contribution >= 4 is 23.2 Å². The molecule has 1 aliphatic heterocycles. The number of rotatable bonds is 6. The smallest absolute Gasteiger partial charge is 0.228 e. The van der Waals surface area contributed by atoms with E-state index < -0.39 is 0 Å². The first-order valence-electron chi connectivity index (χ1n) is 11.9. The SMILES string of the molecule is CSc1nccc(-c2cccnc2Oc2ccc(N3Cc4ccccc4C(c4ccccc4)=N3)cc2)n1. The third-order valence-corrected chi connectivity index (χ3v) is 6.63. The normalized spacial score (nSPS) is 12.6. The molecule has 0 spiro atoms. The number of ether oxygens (including phenoxy) is 1. The van der Waals surface area contributed by atoms with Crippen molar-refractivity contribution in [2.45, 2.75) is 11.7 Å². The minimum atomic E-state index is 0.497. The van der Waals surface area contributed by atoms with Crippen LogP contribution in [0, 0.1) is 0 Å². The number of benzene rings is 3. The van der Waals surface area contributed by atoms with Gasteiger partial charge in [0.15, 0.2) is 5.16 Å². The lowest BCUT2D eigenvalue weighted by atomic mass is 9.96. The van der Waals surface area contributed by atoms with E-state index in [0.29, 0.717) is 23.3 Å². The minimum Gasteiger partial charge on any atom is -0.438 e. The maximum Gasteiger partial charge on any atom is 0.228 e. The lowest BCUT2D eigenvalue weighted by Gasteiger charge is -2.27. The molecule has 6 rings (SSSR count). The van der Waals surface area contributed by atoms with E-state index in [2.05, 4.69) is 51.4 Å². The molecule has 0 unspecified atom stereocenters. The number of thioether (sulfide) groups is 1. The molecule has 5 aromatic rings. The van der Waals surface area contributed by atoms with Crippen LogP contribution < -0.4 is 9.75 Å². The highest BCUT2D eigenvalue weighted by Gasteiger charge is 2.21. The van der Waals surface area contributed by atoms with Crippen molar-refractivity contribution in [2.75, 3.05) is 11.3 Å². The zero-order valence-electron chi connectivity index (χ0n) is 20.2. The van der Waals surface area contributed by atoms with E-state index in [-0.39, 0.29) is 0 Å². The number of aromatic nitrogens is 3. The maximum atomic E-state index is 6.19. The molecule has 0 amide bonds. The average molecular weight is 502 g/mol. The topological polar surface area (TPSA) is 63.5 Å². The van der Waals surface area contributed by atoms with Crippen LogP contribution >= 0.6 is 11.8 Å². The largest absolute Gasteiger partial charge is 0.438 e. The number of fused-ring (bicyclic) bond motifs is 1. The number of nitrogens with zero attached hydrogens (tertiary/aromatic N) is 5. The first kappa shape index (κ1) is 22.9. The molecule has 0 bridgehead atoms. The Morgan fingerprint density at radius 1 is 0.757 bits per heavy atom. The Morgan fingerprint density at radius 3 is 2.38 bits per heavy atom. The third kappa shape index (κ3) is 4.81. The van der Waals surface area contributed by atoms with E-state index >= 15 is 0 Å². The summed E-state index contributed by atoms with van der Waals surface area (Å²) < 4.78 is 6.19. The van der Waals surface area contributed by atoms with Crippen molar-refractivity contribution < 1.29 is 4.74 Å².